The monoisotopic (exact) mass is 356 g/mol. The third-order valence-electron chi connectivity index (χ3n) is 3.31. The van der Waals surface area contributed by atoms with Crippen molar-refractivity contribution in [1.29, 1.82) is 0 Å². The number of hydrogen-bond acceptors (Lipinski definition) is 2. The van der Waals surface area contributed by atoms with Crippen molar-refractivity contribution in [1.82, 2.24) is 15.1 Å². The standard InChI is InChI=1S/C15H18Cl2N4S/c1-10-4-5-12(8-13(10)16)20-15(22)18-6-3-7-21-11(2)14(17)9-19-21/h4-5,8-9H,3,6-7H2,1-2H3,(H2,18,20,22). The van der Waals surface area contributed by atoms with Crippen LogP contribution in [-0.4, -0.2) is 21.4 Å². The van der Waals surface area contributed by atoms with Gasteiger partial charge in [0.2, 0.25) is 0 Å². The molecule has 0 aliphatic carbocycles. The maximum atomic E-state index is 6.08. The van der Waals surface area contributed by atoms with Crippen LogP contribution in [0, 0.1) is 13.8 Å². The molecule has 7 heteroatoms. The number of anilines is 1. The van der Waals surface area contributed by atoms with Crippen LogP contribution in [0.4, 0.5) is 5.69 Å². The van der Waals surface area contributed by atoms with E-state index in [0.717, 1.165) is 41.5 Å². The summed E-state index contributed by atoms with van der Waals surface area (Å²) in [7, 11) is 0. The van der Waals surface area contributed by atoms with Crippen LogP contribution in [0.3, 0.4) is 0 Å². The number of nitrogens with zero attached hydrogens (tertiary/aromatic N) is 2. The van der Waals surface area contributed by atoms with Crippen molar-refractivity contribution in [2.24, 2.45) is 0 Å². The van der Waals surface area contributed by atoms with E-state index in [0.29, 0.717) is 10.1 Å². The second-order valence-corrected chi connectivity index (χ2v) is 6.22. The third kappa shape index (κ3) is 4.60. The van der Waals surface area contributed by atoms with Gasteiger partial charge in [-0.05, 0) is 50.2 Å². The number of hydrogen-bond donors (Lipinski definition) is 2. The summed E-state index contributed by atoms with van der Waals surface area (Å²) < 4.78 is 1.89. The Bertz CT molecular complexity index is 670. The maximum absolute atomic E-state index is 6.08. The number of nitrogens with one attached hydrogen (secondary N) is 2. The minimum absolute atomic E-state index is 0.579. The molecule has 0 radical (unpaired) electrons. The Kier molecular flexibility index (Phi) is 6.06. The van der Waals surface area contributed by atoms with Crippen LogP contribution >= 0.6 is 35.4 Å². The maximum Gasteiger partial charge on any atom is 0.170 e. The molecular formula is C15H18Cl2N4S. The van der Waals surface area contributed by atoms with Crippen LogP contribution in [0.1, 0.15) is 17.7 Å². The summed E-state index contributed by atoms with van der Waals surface area (Å²) in [6, 6.07) is 5.77. The van der Waals surface area contributed by atoms with E-state index in [1.165, 1.54) is 0 Å². The zero-order valence-electron chi connectivity index (χ0n) is 12.5. The Morgan fingerprint density at radius 2 is 2.05 bits per heavy atom. The van der Waals surface area contributed by atoms with Crippen LogP contribution in [0.25, 0.3) is 0 Å². The molecule has 22 heavy (non-hydrogen) atoms. The van der Waals surface area contributed by atoms with E-state index in [4.69, 9.17) is 35.4 Å². The molecular weight excluding hydrogens is 339 g/mol. The minimum atomic E-state index is 0.579. The van der Waals surface area contributed by atoms with Gasteiger partial charge in [0, 0.05) is 23.8 Å². The summed E-state index contributed by atoms with van der Waals surface area (Å²) in [5.74, 6) is 0. The normalized spacial score (nSPS) is 10.5. The van der Waals surface area contributed by atoms with E-state index in [2.05, 4.69) is 15.7 Å². The van der Waals surface area contributed by atoms with Crippen LogP contribution in [0.5, 0.6) is 0 Å². The highest BCUT2D eigenvalue weighted by Gasteiger charge is 2.04. The van der Waals surface area contributed by atoms with Gasteiger partial charge in [0.25, 0.3) is 0 Å². The van der Waals surface area contributed by atoms with Crippen molar-refractivity contribution in [2.45, 2.75) is 26.8 Å². The van der Waals surface area contributed by atoms with Gasteiger partial charge in [-0.25, -0.2) is 0 Å². The third-order valence-corrected chi connectivity index (χ3v) is 4.33. The number of thiocarbonyl (C=S) groups is 1. The van der Waals surface area contributed by atoms with Crippen molar-refractivity contribution in [3.8, 4) is 0 Å². The molecule has 0 fully saturated rings. The Balaban J connectivity index is 1.73. The predicted octanol–water partition coefficient (Wildman–Crippen LogP) is 4.18. The van der Waals surface area contributed by atoms with Crippen molar-refractivity contribution >= 4 is 46.2 Å². The minimum Gasteiger partial charge on any atom is -0.362 e. The van der Waals surface area contributed by atoms with Gasteiger partial charge in [0.1, 0.15) is 0 Å². The molecule has 0 bridgehead atoms. The van der Waals surface area contributed by atoms with Crippen LogP contribution in [0.2, 0.25) is 10.0 Å². The highest BCUT2D eigenvalue weighted by Crippen LogP contribution is 2.19. The molecule has 2 rings (SSSR count). The lowest BCUT2D eigenvalue weighted by Crippen LogP contribution is -2.29. The van der Waals surface area contributed by atoms with Gasteiger partial charge in [0.05, 0.1) is 16.9 Å². The lowest BCUT2D eigenvalue weighted by molar-refractivity contribution is 0.561. The number of benzene rings is 1. The van der Waals surface area contributed by atoms with Crippen molar-refractivity contribution in [3.63, 3.8) is 0 Å². The molecule has 0 unspecified atom stereocenters. The predicted molar refractivity (Wildman–Crippen MR) is 97.0 cm³/mol. The second kappa shape index (κ2) is 7.81. The average Bonchev–Trinajstić information content (AvgIpc) is 2.79. The van der Waals surface area contributed by atoms with Crippen molar-refractivity contribution in [2.75, 3.05) is 11.9 Å². The number of aromatic nitrogens is 2. The zero-order valence-corrected chi connectivity index (χ0v) is 14.8. The Labute approximate surface area is 145 Å². The average molecular weight is 357 g/mol. The van der Waals surface area contributed by atoms with Crippen LogP contribution in [0.15, 0.2) is 24.4 Å². The van der Waals surface area contributed by atoms with Gasteiger partial charge in [-0.2, -0.15) is 5.10 Å². The molecule has 118 valence electrons. The first-order chi connectivity index (χ1) is 10.5. The second-order valence-electron chi connectivity index (χ2n) is 5.00. The molecule has 0 saturated carbocycles. The van der Waals surface area contributed by atoms with Gasteiger partial charge in [0.15, 0.2) is 5.11 Å². The summed E-state index contributed by atoms with van der Waals surface area (Å²) in [4.78, 5) is 0. The van der Waals surface area contributed by atoms with E-state index in [-0.39, 0.29) is 0 Å². The quantitative estimate of drug-likeness (QED) is 0.622. The molecule has 0 saturated heterocycles. The Morgan fingerprint density at radius 1 is 1.27 bits per heavy atom. The van der Waals surface area contributed by atoms with E-state index >= 15 is 0 Å². The number of rotatable bonds is 5. The van der Waals surface area contributed by atoms with Gasteiger partial charge in [-0.15, -0.1) is 0 Å². The molecule has 0 spiro atoms. The Hall–Kier alpha value is -1.30. The largest absolute Gasteiger partial charge is 0.362 e. The van der Waals surface area contributed by atoms with Crippen molar-refractivity contribution < 1.29 is 0 Å². The zero-order chi connectivity index (χ0) is 16.1. The summed E-state index contributed by atoms with van der Waals surface area (Å²) in [5, 5.41) is 12.5. The molecule has 4 nitrogen and oxygen atoms in total. The van der Waals surface area contributed by atoms with E-state index in [9.17, 15) is 0 Å². The SMILES string of the molecule is Cc1ccc(NC(=S)NCCCn2ncc(Cl)c2C)cc1Cl. The van der Waals surface area contributed by atoms with Gasteiger partial charge in [-0.3, -0.25) is 4.68 Å². The first-order valence-corrected chi connectivity index (χ1v) is 8.12. The fourth-order valence-electron chi connectivity index (χ4n) is 1.93. The van der Waals surface area contributed by atoms with Gasteiger partial charge in [-0.1, -0.05) is 29.3 Å². The molecule has 1 heterocycles. The molecule has 2 aromatic rings. The fourth-order valence-corrected chi connectivity index (χ4v) is 2.47. The highest BCUT2D eigenvalue weighted by atomic mass is 35.5. The van der Waals surface area contributed by atoms with Crippen molar-refractivity contribution in [3.05, 3.63) is 45.7 Å². The van der Waals surface area contributed by atoms with Crippen LogP contribution < -0.4 is 10.6 Å². The molecule has 0 atom stereocenters. The van der Waals surface area contributed by atoms with E-state index < -0.39 is 0 Å². The molecule has 1 aromatic carbocycles. The highest BCUT2D eigenvalue weighted by molar-refractivity contribution is 7.80. The first-order valence-electron chi connectivity index (χ1n) is 6.96. The lowest BCUT2D eigenvalue weighted by Gasteiger charge is -2.11. The van der Waals surface area contributed by atoms with Crippen LogP contribution in [-0.2, 0) is 6.54 Å². The molecule has 0 amide bonds. The molecule has 1 aromatic heterocycles. The van der Waals surface area contributed by atoms with Gasteiger partial charge >= 0.3 is 0 Å². The molecule has 2 N–H and O–H groups in total. The summed E-state index contributed by atoms with van der Waals surface area (Å²) in [6.45, 7) is 5.47. The lowest BCUT2D eigenvalue weighted by atomic mass is 10.2. The summed E-state index contributed by atoms with van der Waals surface area (Å²) >= 11 is 17.3. The summed E-state index contributed by atoms with van der Waals surface area (Å²) in [6.07, 6.45) is 2.56. The summed E-state index contributed by atoms with van der Waals surface area (Å²) in [5.41, 5.74) is 2.90. The Morgan fingerprint density at radius 3 is 2.68 bits per heavy atom. The van der Waals surface area contributed by atoms with E-state index in [1.54, 1.807) is 6.20 Å². The first kappa shape index (κ1) is 17.1. The fraction of sp³-hybridized carbons (Fsp3) is 0.333. The van der Waals surface area contributed by atoms with E-state index in [1.807, 2.05) is 36.7 Å². The molecule has 0 aliphatic heterocycles. The molecule has 0 aliphatic rings. The smallest absolute Gasteiger partial charge is 0.170 e. The number of aryl methyl sites for hydroxylation is 2. The topological polar surface area (TPSA) is 41.9 Å². The van der Waals surface area contributed by atoms with Gasteiger partial charge < -0.3 is 10.6 Å². The number of halogens is 2.